The zero-order valence-corrected chi connectivity index (χ0v) is 9.54. The summed E-state index contributed by atoms with van der Waals surface area (Å²) in [6.45, 7) is 2.22. The number of aromatic nitrogens is 1. The van der Waals surface area contributed by atoms with Gasteiger partial charge in [-0.3, -0.25) is 0 Å². The topological polar surface area (TPSA) is 42.2 Å². The minimum atomic E-state index is 0.697. The molecule has 2 aromatic heterocycles. The zero-order chi connectivity index (χ0) is 9.71. The van der Waals surface area contributed by atoms with Crippen LogP contribution >= 0.6 is 22.7 Å². The van der Waals surface area contributed by atoms with Gasteiger partial charge in [0.1, 0.15) is 4.83 Å². The average molecular weight is 225 g/mol. The molecule has 0 unspecified atom stereocenters. The Kier molecular flexibility index (Phi) is 1.80. The van der Waals surface area contributed by atoms with Crippen LogP contribution in [0.2, 0.25) is 0 Å². The first-order valence-corrected chi connectivity index (χ1v) is 6.22. The fourth-order valence-corrected chi connectivity index (χ4v) is 4.13. The van der Waals surface area contributed by atoms with Gasteiger partial charge in [-0.2, -0.15) is 0 Å². The molecule has 0 atom stereocenters. The van der Waals surface area contributed by atoms with E-state index in [9.17, 15) is 0 Å². The van der Waals surface area contributed by atoms with E-state index >= 15 is 0 Å². The van der Waals surface area contributed by atoms with Gasteiger partial charge in [0.05, 0.1) is 4.70 Å². The van der Waals surface area contributed by atoms with Crippen molar-refractivity contribution in [2.24, 2.45) is 0 Å². The van der Waals surface area contributed by atoms with Crippen LogP contribution in [0.1, 0.15) is 10.4 Å². The van der Waals surface area contributed by atoms with Crippen molar-refractivity contribution in [2.45, 2.75) is 13.0 Å². The second kappa shape index (κ2) is 2.92. The van der Waals surface area contributed by atoms with Crippen LogP contribution in [0.3, 0.4) is 0 Å². The Morgan fingerprint density at radius 1 is 1.43 bits per heavy atom. The predicted molar refractivity (Wildman–Crippen MR) is 61.9 cm³/mol. The van der Waals surface area contributed by atoms with Crippen molar-refractivity contribution in [3.63, 3.8) is 0 Å². The molecule has 1 aliphatic rings. The number of fused-ring (bicyclic) bond motifs is 3. The smallest absolute Gasteiger partial charge is 0.181 e. The van der Waals surface area contributed by atoms with E-state index in [1.165, 1.54) is 21.6 Å². The highest BCUT2D eigenvalue weighted by Gasteiger charge is 2.20. The van der Waals surface area contributed by atoms with Gasteiger partial charge in [-0.25, -0.2) is 4.98 Å². The maximum Gasteiger partial charge on any atom is 0.181 e. The summed E-state index contributed by atoms with van der Waals surface area (Å²) in [5.74, 6) is 0. The van der Waals surface area contributed by atoms with E-state index in [4.69, 9.17) is 5.73 Å². The quantitative estimate of drug-likeness (QED) is 0.745. The van der Waals surface area contributed by atoms with Crippen molar-refractivity contribution in [3.05, 3.63) is 10.4 Å². The molecular weight excluding hydrogens is 214 g/mol. The summed E-state index contributed by atoms with van der Waals surface area (Å²) in [5.41, 5.74) is 7.17. The molecule has 2 N–H and O–H groups in total. The standard InChI is InChI=1S/C9H11N3S2/c1-12-3-2-6-5(4-12)7-8(13-6)11-9(10)14-7/h2-4H2,1H3,(H2,10,11). The number of hydrogen-bond acceptors (Lipinski definition) is 5. The monoisotopic (exact) mass is 225 g/mol. The van der Waals surface area contributed by atoms with E-state index in [1.54, 1.807) is 11.3 Å². The lowest BCUT2D eigenvalue weighted by Crippen LogP contribution is -2.25. The van der Waals surface area contributed by atoms with Gasteiger partial charge < -0.3 is 10.6 Å². The molecule has 0 radical (unpaired) electrons. The highest BCUT2D eigenvalue weighted by Crippen LogP contribution is 2.38. The van der Waals surface area contributed by atoms with E-state index in [2.05, 4.69) is 16.9 Å². The number of anilines is 1. The number of likely N-dealkylation sites (N-methyl/N-ethyl adjacent to an activating group) is 1. The maximum atomic E-state index is 5.70. The molecule has 3 heterocycles. The van der Waals surface area contributed by atoms with Crippen molar-refractivity contribution in [1.82, 2.24) is 9.88 Å². The zero-order valence-electron chi connectivity index (χ0n) is 7.91. The van der Waals surface area contributed by atoms with E-state index < -0.39 is 0 Å². The first-order chi connectivity index (χ1) is 6.74. The molecule has 14 heavy (non-hydrogen) atoms. The van der Waals surface area contributed by atoms with Crippen molar-refractivity contribution in [3.8, 4) is 0 Å². The minimum absolute atomic E-state index is 0.697. The molecule has 0 aromatic carbocycles. The van der Waals surface area contributed by atoms with E-state index in [0.29, 0.717) is 5.13 Å². The van der Waals surface area contributed by atoms with Crippen LogP contribution in [0.5, 0.6) is 0 Å². The normalized spacial score (nSPS) is 17.5. The molecule has 5 heteroatoms. The molecule has 3 nitrogen and oxygen atoms in total. The Morgan fingerprint density at radius 3 is 3.14 bits per heavy atom. The Hall–Kier alpha value is -0.650. The first-order valence-electron chi connectivity index (χ1n) is 4.59. The average Bonchev–Trinajstić information content (AvgIpc) is 2.62. The second-order valence-corrected chi connectivity index (χ2v) is 5.79. The van der Waals surface area contributed by atoms with Gasteiger partial charge in [0.25, 0.3) is 0 Å². The summed E-state index contributed by atoms with van der Waals surface area (Å²) < 4.78 is 1.31. The molecule has 74 valence electrons. The SMILES string of the molecule is CN1CCc2sc3nc(N)sc3c2C1. The minimum Gasteiger partial charge on any atom is -0.375 e. The van der Waals surface area contributed by atoms with Crippen LogP contribution in [-0.2, 0) is 13.0 Å². The molecule has 0 saturated heterocycles. The van der Waals surface area contributed by atoms with Gasteiger partial charge in [0.2, 0.25) is 0 Å². The molecular formula is C9H11N3S2. The third-order valence-electron chi connectivity index (χ3n) is 2.59. The first kappa shape index (κ1) is 8.64. The van der Waals surface area contributed by atoms with Gasteiger partial charge in [0, 0.05) is 18.0 Å². The fourth-order valence-electron chi connectivity index (χ4n) is 1.89. The van der Waals surface area contributed by atoms with Gasteiger partial charge in [-0.05, 0) is 19.0 Å². The molecule has 0 aliphatic carbocycles. The molecule has 0 fully saturated rings. The van der Waals surface area contributed by atoms with Crippen molar-refractivity contribution in [2.75, 3.05) is 19.3 Å². The van der Waals surface area contributed by atoms with Gasteiger partial charge in [-0.15, -0.1) is 11.3 Å². The maximum absolute atomic E-state index is 5.70. The highest BCUT2D eigenvalue weighted by molar-refractivity contribution is 7.29. The van der Waals surface area contributed by atoms with Crippen molar-refractivity contribution >= 4 is 37.3 Å². The second-order valence-electron chi connectivity index (χ2n) is 3.68. The molecule has 0 spiro atoms. The lowest BCUT2D eigenvalue weighted by Gasteiger charge is -2.21. The fraction of sp³-hybridized carbons (Fsp3) is 0.444. The van der Waals surface area contributed by atoms with E-state index in [0.717, 1.165) is 17.9 Å². The number of hydrogen-bond donors (Lipinski definition) is 1. The predicted octanol–water partition coefficient (Wildman–Crippen LogP) is 1.93. The van der Waals surface area contributed by atoms with Crippen LogP contribution in [0.25, 0.3) is 9.53 Å². The van der Waals surface area contributed by atoms with Gasteiger partial charge in [0.15, 0.2) is 5.13 Å². The largest absolute Gasteiger partial charge is 0.375 e. The summed E-state index contributed by atoms with van der Waals surface area (Å²) in [5, 5.41) is 0.697. The Bertz CT molecular complexity index is 485. The summed E-state index contributed by atoms with van der Waals surface area (Å²) in [6, 6.07) is 0. The molecule has 0 bridgehead atoms. The van der Waals surface area contributed by atoms with Crippen LogP contribution in [0.15, 0.2) is 0 Å². The Morgan fingerprint density at radius 2 is 2.29 bits per heavy atom. The highest BCUT2D eigenvalue weighted by atomic mass is 32.1. The molecule has 0 saturated carbocycles. The number of thiophene rings is 1. The molecule has 1 aliphatic heterocycles. The molecule has 0 amide bonds. The summed E-state index contributed by atoms with van der Waals surface area (Å²) in [4.78, 5) is 9.33. The Balaban J connectivity index is 2.23. The lowest BCUT2D eigenvalue weighted by molar-refractivity contribution is 0.317. The number of rotatable bonds is 0. The number of thiazole rings is 1. The van der Waals surface area contributed by atoms with Crippen LogP contribution in [0.4, 0.5) is 5.13 Å². The summed E-state index contributed by atoms with van der Waals surface area (Å²) in [7, 11) is 2.16. The number of nitrogen functional groups attached to an aromatic ring is 1. The van der Waals surface area contributed by atoms with Crippen LogP contribution in [0, 0.1) is 0 Å². The van der Waals surface area contributed by atoms with Gasteiger partial charge >= 0.3 is 0 Å². The van der Waals surface area contributed by atoms with Gasteiger partial charge in [-0.1, -0.05) is 11.3 Å². The molecule has 2 aromatic rings. The number of nitrogens with two attached hydrogens (primary N) is 1. The van der Waals surface area contributed by atoms with Crippen molar-refractivity contribution in [1.29, 1.82) is 0 Å². The Labute approximate surface area is 90.2 Å². The summed E-state index contributed by atoms with van der Waals surface area (Å²) in [6.07, 6.45) is 1.17. The number of nitrogens with zero attached hydrogens (tertiary/aromatic N) is 2. The lowest BCUT2D eigenvalue weighted by atomic mass is 10.1. The third-order valence-corrected chi connectivity index (χ3v) is 4.85. The van der Waals surface area contributed by atoms with Crippen molar-refractivity contribution < 1.29 is 0 Å². The molecule has 3 rings (SSSR count). The van der Waals surface area contributed by atoms with Crippen LogP contribution < -0.4 is 5.73 Å². The van der Waals surface area contributed by atoms with E-state index in [-0.39, 0.29) is 0 Å². The third kappa shape index (κ3) is 1.16. The van der Waals surface area contributed by atoms with Crippen LogP contribution in [-0.4, -0.2) is 23.5 Å². The summed E-state index contributed by atoms with van der Waals surface area (Å²) >= 11 is 3.44. The van der Waals surface area contributed by atoms with E-state index in [1.807, 2.05) is 11.3 Å².